The number of nitrogens with one attached hydrogen (secondary N) is 1. The summed E-state index contributed by atoms with van der Waals surface area (Å²) in [5.74, 6) is 1.52. The highest BCUT2D eigenvalue weighted by atomic mass is 16.5. The van der Waals surface area contributed by atoms with Gasteiger partial charge in [-0.2, -0.15) is 0 Å². The van der Waals surface area contributed by atoms with Gasteiger partial charge in [-0.25, -0.2) is 4.98 Å². The monoisotopic (exact) mass is 329 g/mol. The van der Waals surface area contributed by atoms with E-state index in [0.717, 1.165) is 24.2 Å². The number of carbonyl (C=O) groups is 1. The van der Waals surface area contributed by atoms with Gasteiger partial charge in [0.15, 0.2) is 0 Å². The predicted molar refractivity (Wildman–Crippen MR) is 91.0 cm³/mol. The van der Waals surface area contributed by atoms with Gasteiger partial charge in [0, 0.05) is 24.8 Å². The highest BCUT2D eigenvalue weighted by Crippen LogP contribution is 2.33. The van der Waals surface area contributed by atoms with Crippen LogP contribution in [-0.2, 0) is 0 Å². The van der Waals surface area contributed by atoms with Crippen LogP contribution >= 0.6 is 0 Å². The molecular weight excluding hydrogens is 306 g/mol. The molecular formula is C18H23N3O3. The Hall–Kier alpha value is -2.34. The third-order valence-corrected chi connectivity index (χ3v) is 4.40. The Morgan fingerprint density at radius 3 is 2.92 bits per heavy atom. The summed E-state index contributed by atoms with van der Waals surface area (Å²) in [5.41, 5.74) is 1.96. The quantitative estimate of drug-likeness (QED) is 0.852. The van der Waals surface area contributed by atoms with Gasteiger partial charge in [-0.05, 0) is 37.8 Å². The zero-order valence-corrected chi connectivity index (χ0v) is 14.2. The summed E-state index contributed by atoms with van der Waals surface area (Å²) in [4.78, 5) is 21.8. The van der Waals surface area contributed by atoms with E-state index in [0.29, 0.717) is 29.7 Å². The number of aliphatic hydroxyl groups is 1. The van der Waals surface area contributed by atoms with Gasteiger partial charge in [0.2, 0.25) is 0 Å². The molecule has 2 aromatic rings. The average molecular weight is 329 g/mol. The van der Waals surface area contributed by atoms with E-state index in [1.807, 2.05) is 31.2 Å². The molecule has 6 nitrogen and oxygen atoms in total. The van der Waals surface area contributed by atoms with Crippen LogP contribution in [-0.4, -0.2) is 52.7 Å². The number of aromatic amines is 1. The molecule has 0 saturated heterocycles. The second-order valence-electron chi connectivity index (χ2n) is 6.38. The Morgan fingerprint density at radius 1 is 1.50 bits per heavy atom. The van der Waals surface area contributed by atoms with E-state index in [4.69, 9.17) is 4.74 Å². The number of aromatic nitrogens is 2. The van der Waals surface area contributed by atoms with Gasteiger partial charge in [-0.15, -0.1) is 0 Å². The molecule has 128 valence electrons. The lowest BCUT2D eigenvalue weighted by molar-refractivity contribution is 0.0640. The number of amides is 1. The van der Waals surface area contributed by atoms with Crippen LogP contribution in [0.2, 0.25) is 0 Å². The predicted octanol–water partition coefficient (Wildman–Crippen LogP) is 2.24. The number of H-pyrrole nitrogens is 1. The van der Waals surface area contributed by atoms with Gasteiger partial charge in [-0.3, -0.25) is 4.79 Å². The summed E-state index contributed by atoms with van der Waals surface area (Å²) in [6.07, 6.45) is 1.64. The number of methoxy groups -OCH3 is 1. The number of nitrogens with zero attached hydrogens (tertiary/aromatic N) is 2. The van der Waals surface area contributed by atoms with E-state index < -0.39 is 6.10 Å². The highest BCUT2D eigenvalue weighted by molar-refractivity contribution is 5.94. The number of hydrogen-bond donors (Lipinski definition) is 2. The van der Waals surface area contributed by atoms with E-state index in [2.05, 4.69) is 9.97 Å². The van der Waals surface area contributed by atoms with Crippen LogP contribution in [0.4, 0.5) is 0 Å². The number of aryl methyl sites for hydroxylation is 1. The number of ether oxygens (including phenoxy) is 1. The molecule has 6 heteroatoms. The van der Waals surface area contributed by atoms with Crippen molar-refractivity contribution in [3.05, 3.63) is 35.7 Å². The molecule has 1 unspecified atom stereocenters. The lowest BCUT2D eigenvalue weighted by Crippen LogP contribution is -2.35. The van der Waals surface area contributed by atoms with Crippen molar-refractivity contribution in [3.63, 3.8) is 0 Å². The van der Waals surface area contributed by atoms with Crippen LogP contribution in [0.15, 0.2) is 24.3 Å². The van der Waals surface area contributed by atoms with Crippen molar-refractivity contribution in [3.8, 4) is 17.1 Å². The van der Waals surface area contributed by atoms with Crippen LogP contribution in [0.25, 0.3) is 11.4 Å². The van der Waals surface area contributed by atoms with Gasteiger partial charge in [0.25, 0.3) is 5.91 Å². The minimum atomic E-state index is -0.448. The number of likely N-dealkylation sites (N-methyl/N-ethyl adjacent to an activating group) is 1. The van der Waals surface area contributed by atoms with Crippen LogP contribution in [0.5, 0.6) is 5.75 Å². The minimum Gasteiger partial charge on any atom is -0.497 e. The van der Waals surface area contributed by atoms with Crippen molar-refractivity contribution in [2.45, 2.75) is 25.9 Å². The Labute approximate surface area is 141 Å². The second-order valence-corrected chi connectivity index (χ2v) is 6.38. The molecule has 1 aliphatic rings. The van der Waals surface area contributed by atoms with Gasteiger partial charge in [0.1, 0.15) is 17.3 Å². The first-order valence-corrected chi connectivity index (χ1v) is 8.14. The first kappa shape index (κ1) is 16.5. The fraction of sp³-hybridized carbons (Fsp3) is 0.444. The third kappa shape index (κ3) is 3.43. The van der Waals surface area contributed by atoms with Crippen LogP contribution in [0, 0.1) is 12.8 Å². The van der Waals surface area contributed by atoms with E-state index in [-0.39, 0.29) is 5.91 Å². The molecule has 1 atom stereocenters. The molecule has 0 spiro atoms. The summed E-state index contributed by atoms with van der Waals surface area (Å²) >= 11 is 0. The van der Waals surface area contributed by atoms with Crippen molar-refractivity contribution < 1.29 is 14.6 Å². The van der Waals surface area contributed by atoms with Crippen LogP contribution < -0.4 is 4.74 Å². The number of rotatable bonds is 6. The molecule has 3 rings (SSSR count). The van der Waals surface area contributed by atoms with Crippen LogP contribution in [0.3, 0.4) is 0 Å². The summed E-state index contributed by atoms with van der Waals surface area (Å²) in [6.45, 7) is 2.17. The van der Waals surface area contributed by atoms with Crippen molar-refractivity contribution in [2.24, 2.45) is 5.92 Å². The lowest BCUT2D eigenvalue weighted by atomic mass is 10.2. The number of hydrogen-bond acceptors (Lipinski definition) is 4. The molecule has 0 bridgehead atoms. The van der Waals surface area contributed by atoms with Crippen molar-refractivity contribution >= 4 is 5.91 Å². The topological polar surface area (TPSA) is 78.4 Å². The molecule has 1 aromatic carbocycles. The van der Waals surface area contributed by atoms with Crippen molar-refractivity contribution in [2.75, 3.05) is 20.7 Å². The Morgan fingerprint density at radius 2 is 2.25 bits per heavy atom. The highest BCUT2D eigenvalue weighted by Gasteiger charge is 2.32. The van der Waals surface area contributed by atoms with Gasteiger partial charge in [0.05, 0.1) is 13.2 Å². The maximum atomic E-state index is 12.6. The fourth-order valence-electron chi connectivity index (χ4n) is 2.75. The molecule has 0 aliphatic heterocycles. The first-order valence-electron chi connectivity index (χ1n) is 8.14. The summed E-state index contributed by atoms with van der Waals surface area (Å²) in [7, 11) is 3.31. The third-order valence-electron chi connectivity index (χ3n) is 4.40. The van der Waals surface area contributed by atoms with Crippen molar-refractivity contribution in [1.29, 1.82) is 0 Å². The number of carbonyl (C=O) groups excluding carboxylic acids is 1. The van der Waals surface area contributed by atoms with E-state index in [1.165, 1.54) is 0 Å². The van der Waals surface area contributed by atoms with E-state index in [9.17, 15) is 9.90 Å². The Bertz CT molecular complexity index is 737. The molecule has 1 heterocycles. The summed E-state index contributed by atoms with van der Waals surface area (Å²) in [5, 5.41) is 10.0. The molecule has 24 heavy (non-hydrogen) atoms. The summed E-state index contributed by atoms with van der Waals surface area (Å²) in [6, 6.07) is 7.52. The average Bonchev–Trinajstić information content (AvgIpc) is 3.37. The number of imidazole rings is 1. The molecule has 1 fully saturated rings. The number of benzene rings is 1. The molecule has 2 N–H and O–H groups in total. The standard InChI is InChI=1S/C18H23N3O3/c1-11-16(18(23)21(2)10-15(22)12-7-8-12)20-17(19-11)13-5-4-6-14(9-13)24-3/h4-6,9,12,15,22H,7-8,10H2,1-3H3,(H,19,20). The first-order chi connectivity index (χ1) is 11.5. The largest absolute Gasteiger partial charge is 0.497 e. The van der Waals surface area contributed by atoms with Gasteiger partial charge in [-0.1, -0.05) is 12.1 Å². The maximum absolute atomic E-state index is 12.6. The maximum Gasteiger partial charge on any atom is 0.274 e. The van der Waals surface area contributed by atoms with Crippen LogP contribution in [0.1, 0.15) is 29.0 Å². The van der Waals surface area contributed by atoms with Crippen molar-refractivity contribution in [1.82, 2.24) is 14.9 Å². The van der Waals surface area contributed by atoms with Gasteiger partial charge >= 0.3 is 0 Å². The Balaban J connectivity index is 1.78. The van der Waals surface area contributed by atoms with E-state index in [1.54, 1.807) is 19.1 Å². The van der Waals surface area contributed by atoms with Gasteiger partial charge < -0.3 is 19.7 Å². The fourth-order valence-corrected chi connectivity index (χ4v) is 2.75. The molecule has 1 saturated carbocycles. The molecule has 1 aromatic heterocycles. The zero-order chi connectivity index (χ0) is 17.3. The van der Waals surface area contributed by atoms with E-state index >= 15 is 0 Å². The Kier molecular flexibility index (Phi) is 4.57. The minimum absolute atomic E-state index is 0.183. The molecule has 1 amide bonds. The number of aliphatic hydroxyl groups excluding tert-OH is 1. The normalized spacial score (nSPS) is 15.2. The lowest BCUT2D eigenvalue weighted by Gasteiger charge is -2.20. The molecule has 1 aliphatic carbocycles. The summed E-state index contributed by atoms with van der Waals surface area (Å²) < 4.78 is 5.23. The SMILES string of the molecule is COc1cccc(-c2nc(C(=O)N(C)CC(O)C3CC3)c(C)[nH]2)c1. The zero-order valence-electron chi connectivity index (χ0n) is 14.2. The molecule has 0 radical (unpaired) electrons. The smallest absolute Gasteiger partial charge is 0.274 e. The second kappa shape index (κ2) is 6.65.